The Morgan fingerprint density at radius 3 is 2.30 bits per heavy atom. The van der Waals surface area contributed by atoms with Crippen molar-refractivity contribution in [1.82, 2.24) is 0 Å². The number of unbranched alkanes of at least 4 members (excludes halogenated alkanes) is 1. The SMILES string of the molecule is CCCCC(CCCOc1cccc(O)c1CCC)c1cccc(O)c1O. The average Bonchev–Trinajstić information content (AvgIpc) is 2.66. The summed E-state index contributed by atoms with van der Waals surface area (Å²) in [5.74, 6) is 1.17. The zero-order chi connectivity index (χ0) is 19.6. The second-order valence-electron chi connectivity index (χ2n) is 7.05. The third-order valence-electron chi connectivity index (χ3n) is 4.95. The van der Waals surface area contributed by atoms with Crippen molar-refractivity contribution in [2.24, 2.45) is 0 Å². The Labute approximate surface area is 162 Å². The van der Waals surface area contributed by atoms with E-state index in [0.717, 1.165) is 61.8 Å². The third-order valence-corrected chi connectivity index (χ3v) is 4.95. The topological polar surface area (TPSA) is 69.9 Å². The Kier molecular flexibility index (Phi) is 8.31. The van der Waals surface area contributed by atoms with Gasteiger partial charge < -0.3 is 20.1 Å². The zero-order valence-corrected chi connectivity index (χ0v) is 16.4. The molecule has 4 nitrogen and oxygen atoms in total. The normalized spacial score (nSPS) is 12.1. The number of para-hydroxylation sites is 1. The predicted molar refractivity (Wildman–Crippen MR) is 109 cm³/mol. The van der Waals surface area contributed by atoms with E-state index in [-0.39, 0.29) is 17.4 Å². The summed E-state index contributed by atoms with van der Waals surface area (Å²) >= 11 is 0. The molecule has 0 spiro atoms. The summed E-state index contributed by atoms with van der Waals surface area (Å²) in [7, 11) is 0. The van der Waals surface area contributed by atoms with Crippen LogP contribution in [0.25, 0.3) is 0 Å². The summed E-state index contributed by atoms with van der Waals surface area (Å²) in [5, 5.41) is 30.1. The van der Waals surface area contributed by atoms with Crippen molar-refractivity contribution in [2.75, 3.05) is 6.61 Å². The van der Waals surface area contributed by atoms with Crippen LogP contribution in [0.5, 0.6) is 23.0 Å². The molecule has 3 N–H and O–H groups in total. The van der Waals surface area contributed by atoms with E-state index < -0.39 is 0 Å². The minimum absolute atomic E-state index is 0.00210. The van der Waals surface area contributed by atoms with Gasteiger partial charge in [-0.1, -0.05) is 51.3 Å². The van der Waals surface area contributed by atoms with Crippen LogP contribution in [0.2, 0.25) is 0 Å². The van der Waals surface area contributed by atoms with E-state index in [2.05, 4.69) is 13.8 Å². The first kappa shape index (κ1) is 20.9. The van der Waals surface area contributed by atoms with Gasteiger partial charge in [0.2, 0.25) is 0 Å². The molecular weight excluding hydrogens is 340 g/mol. The number of rotatable bonds is 11. The number of hydrogen-bond acceptors (Lipinski definition) is 4. The molecular formula is C23H32O4. The fraction of sp³-hybridized carbons (Fsp3) is 0.478. The molecule has 0 bridgehead atoms. The molecule has 0 aromatic heterocycles. The van der Waals surface area contributed by atoms with Crippen LogP contribution in [0.4, 0.5) is 0 Å². The summed E-state index contributed by atoms with van der Waals surface area (Å²) < 4.78 is 5.94. The molecule has 2 rings (SSSR count). The van der Waals surface area contributed by atoms with Gasteiger partial charge in [0.25, 0.3) is 0 Å². The Morgan fingerprint density at radius 2 is 1.56 bits per heavy atom. The Balaban J connectivity index is 1.98. The molecule has 0 aliphatic rings. The molecule has 1 atom stereocenters. The van der Waals surface area contributed by atoms with Crippen molar-refractivity contribution in [1.29, 1.82) is 0 Å². The lowest BCUT2D eigenvalue weighted by molar-refractivity contribution is 0.293. The van der Waals surface area contributed by atoms with E-state index in [9.17, 15) is 15.3 Å². The zero-order valence-electron chi connectivity index (χ0n) is 16.4. The van der Waals surface area contributed by atoms with Crippen LogP contribution >= 0.6 is 0 Å². The van der Waals surface area contributed by atoms with Gasteiger partial charge in [0.05, 0.1) is 6.61 Å². The van der Waals surface area contributed by atoms with Crippen molar-refractivity contribution in [3.8, 4) is 23.0 Å². The van der Waals surface area contributed by atoms with E-state index in [0.29, 0.717) is 12.4 Å². The van der Waals surface area contributed by atoms with Gasteiger partial charge in [-0.25, -0.2) is 0 Å². The first-order valence-corrected chi connectivity index (χ1v) is 10.0. The fourth-order valence-electron chi connectivity index (χ4n) is 3.49. The van der Waals surface area contributed by atoms with Crippen LogP contribution in [-0.4, -0.2) is 21.9 Å². The fourth-order valence-corrected chi connectivity index (χ4v) is 3.49. The van der Waals surface area contributed by atoms with Crippen molar-refractivity contribution in [2.45, 2.75) is 64.7 Å². The Bertz CT molecular complexity index is 712. The van der Waals surface area contributed by atoms with Crippen molar-refractivity contribution in [3.05, 3.63) is 47.5 Å². The maximum absolute atomic E-state index is 10.2. The lowest BCUT2D eigenvalue weighted by atomic mass is 9.89. The van der Waals surface area contributed by atoms with Crippen LogP contribution in [0.3, 0.4) is 0 Å². The lowest BCUT2D eigenvalue weighted by Crippen LogP contribution is -2.05. The van der Waals surface area contributed by atoms with Gasteiger partial charge in [-0.3, -0.25) is 0 Å². The molecule has 0 radical (unpaired) electrons. The van der Waals surface area contributed by atoms with Crippen molar-refractivity contribution >= 4 is 0 Å². The molecule has 148 valence electrons. The van der Waals surface area contributed by atoms with Crippen LogP contribution < -0.4 is 4.74 Å². The highest BCUT2D eigenvalue weighted by atomic mass is 16.5. The van der Waals surface area contributed by atoms with Gasteiger partial charge in [0, 0.05) is 11.1 Å². The maximum Gasteiger partial charge on any atom is 0.160 e. The lowest BCUT2D eigenvalue weighted by Gasteiger charge is -2.19. The maximum atomic E-state index is 10.2. The van der Waals surface area contributed by atoms with E-state index in [1.54, 1.807) is 18.2 Å². The molecule has 4 heteroatoms. The molecule has 0 aliphatic carbocycles. The third kappa shape index (κ3) is 5.81. The van der Waals surface area contributed by atoms with Crippen LogP contribution in [0.15, 0.2) is 36.4 Å². The first-order chi connectivity index (χ1) is 13.1. The van der Waals surface area contributed by atoms with E-state index in [1.165, 1.54) is 6.07 Å². The smallest absolute Gasteiger partial charge is 0.160 e. The van der Waals surface area contributed by atoms with E-state index in [1.807, 2.05) is 12.1 Å². The molecule has 0 fully saturated rings. The second kappa shape index (κ2) is 10.7. The molecule has 2 aromatic carbocycles. The highest BCUT2D eigenvalue weighted by Crippen LogP contribution is 2.38. The predicted octanol–water partition coefficient (Wildman–Crippen LogP) is 5.89. The second-order valence-corrected chi connectivity index (χ2v) is 7.05. The molecule has 2 aromatic rings. The molecule has 0 aliphatic heterocycles. The Hall–Kier alpha value is -2.36. The number of hydrogen-bond donors (Lipinski definition) is 3. The summed E-state index contributed by atoms with van der Waals surface area (Å²) in [5.41, 5.74) is 1.68. The van der Waals surface area contributed by atoms with Crippen molar-refractivity contribution in [3.63, 3.8) is 0 Å². The average molecular weight is 373 g/mol. The summed E-state index contributed by atoms with van der Waals surface area (Å²) in [6.07, 6.45) is 6.59. The molecule has 0 amide bonds. The molecule has 1 unspecified atom stereocenters. The van der Waals surface area contributed by atoms with Gasteiger partial charge in [0.15, 0.2) is 11.5 Å². The highest BCUT2D eigenvalue weighted by molar-refractivity contribution is 5.46. The molecule has 27 heavy (non-hydrogen) atoms. The Morgan fingerprint density at radius 1 is 0.852 bits per heavy atom. The minimum Gasteiger partial charge on any atom is -0.508 e. The van der Waals surface area contributed by atoms with E-state index in [4.69, 9.17) is 4.74 Å². The molecule has 0 saturated heterocycles. The van der Waals surface area contributed by atoms with Gasteiger partial charge >= 0.3 is 0 Å². The first-order valence-electron chi connectivity index (χ1n) is 10.0. The molecule has 0 heterocycles. The number of benzene rings is 2. The summed E-state index contributed by atoms with van der Waals surface area (Å²) in [6, 6.07) is 10.6. The van der Waals surface area contributed by atoms with Gasteiger partial charge in [-0.05, 0) is 49.8 Å². The number of phenols is 3. The van der Waals surface area contributed by atoms with Crippen LogP contribution in [-0.2, 0) is 6.42 Å². The van der Waals surface area contributed by atoms with Gasteiger partial charge in [-0.2, -0.15) is 0 Å². The van der Waals surface area contributed by atoms with Crippen molar-refractivity contribution < 1.29 is 20.1 Å². The summed E-state index contributed by atoms with van der Waals surface area (Å²) in [6.45, 7) is 4.79. The van der Waals surface area contributed by atoms with Crippen LogP contribution in [0, 0.1) is 0 Å². The molecule has 0 saturated carbocycles. The largest absolute Gasteiger partial charge is 0.508 e. The van der Waals surface area contributed by atoms with Gasteiger partial charge in [-0.15, -0.1) is 0 Å². The number of phenolic OH excluding ortho intramolecular Hbond substituents is 3. The highest BCUT2D eigenvalue weighted by Gasteiger charge is 2.17. The van der Waals surface area contributed by atoms with Crippen LogP contribution in [0.1, 0.15) is 69.4 Å². The number of aromatic hydroxyl groups is 3. The summed E-state index contributed by atoms with van der Waals surface area (Å²) in [4.78, 5) is 0. The van der Waals surface area contributed by atoms with E-state index >= 15 is 0 Å². The standard InChI is InChI=1S/C23H32O4/c1-3-5-10-17(18-12-6-14-21(25)23(18)26)11-8-16-27-22-15-7-13-20(24)19(22)9-4-2/h6-7,12-15,17,24-26H,3-5,8-11,16H2,1-2H3. The quantitative estimate of drug-likeness (QED) is 0.340. The monoisotopic (exact) mass is 372 g/mol. The minimum atomic E-state index is -0.0609. The van der Waals surface area contributed by atoms with Gasteiger partial charge in [0.1, 0.15) is 11.5 Å². The number of ether oxygens (including phenoxy) is 1.